The molecule has 5 aromatic rings. The number of benzene rings is 2. The summed E-state index contributed by atoms with van der Waals surface area (Å²) in [6.07, 6.45) is 4.15. The molecule has 2 aromatic carbocycles. The second kappa shape index (κ2) is 10.1. The zero-order chi connectivity index (χ0) is 26.3. The zero-order valence-corrected chi connectivity index (χ0v) is 23.2. The molecule has 1 unspecified atom stereocenters. The average Bonchev–Trinajstić information content (AvgIpc) is 3.32. The fourth-order valence-electron chi connectivity index (χ4n) is 4.69. The number of halogens is 2. The lowest BCUT2D eigenvalue weighted by Crippen LogP contribution is -2.32. The minimum absolute atomic E-state index is 0.365. The molecule has 0 radical (unpaired) electrons. The van der Waals surface area contributed by atoms with E-state index in [1.54, 1.807) is 29.7 Å². The molecule has 0 saturated heterocycles. The quantitative estimate of drug-likeness (QED) is 0.198. The Bertz CT molecular complexity index is 1620. The molecule has 37 heavy (non-hydrogen) atoms. The van der Waals surface area contributed by atoms with E-state index in [1.165, 1.54) is 4.90 Å². The van der Waals surface area contributed by atoms with Gasteiger partial charge in [-0.15, -0.1) is 16.9 Å². The van der Waals surface area contributed by atoms with Crippen molar-refractivity contribution in [3.8, 4) is 0 Å². The lowest BCUT2D eigenvalue weighted by molar-refractivity contribution is 0.115. The van der Waals surface area contributed by atoms with Crippen LogP contribution in [0, 0.1) is 13.8 Å². The van der Waals surface area contributed by atoms with Gasteiger partial charge in [-0.25, -0.2) is 9.67 Å². The van der Waals surface area contributed by atoms with Crippen LogP contribution in [0.3, 0.4) is 0 Å². The molecule has 0 aliphatic heterocycles. The second-order valence-electron chi connectivity index (χ2n) is 8.99. The van der Waals surface area contributed by atoms with Crippen molar-refractivity contribution in [2.24, 2.45) is 7.05 Å². The van der Waals surface area contributed by atoms with Crippen LogP contribution in [-0.2, 0) is 19.1 Å². The van der Waals surface area contributed by atoms with Gasteiger partial charge < -0.3 is 5.11 Å². The van der Waals surface area contributed by atoms with E-state index in [1.807, 2.05) is 50.4 Å². The fraction of sp³-hybridized carbons (Fsp3) is 0.214. The summed E-state index contributed by atoms with van der Waals surface area (Å²) in [6.45, 7) is 3.80. The second-order valence-corrected chi connectivity index (χ2v) is 10.6. The van der Waals surface area contributed by atoms with Gasteiger partial charge in [0.25, 0.3) is 0 Å². The van der Waals surface area contributed by atoms with Crippen molar-refractivity contribution >= 4 is 45.9 Å². The highest BCUT2D eigenvalue weighted by molar-refractivity contribution is 7.98. The van der Waals surface area contributed by atoms with Crippen molar-refractivity contribution in [2.75, 3.05) is 6.26 Å². The molecular formula is C28H25Cl2N5OS. The van der Waals surface area contributed by atoms with Crippen LogP contribution in [0.1, 0.15) is 39.3 Å². The Balaban J connectivity index is 1.69. The van der Waals surface area contributed by atoms with Crippen LogP contribution >= 0.6 is 35.0 Å². The van der Waals surface area contributed by atoms with Crippen LogP contribution in [0.4, 0.5) is 0 Å². The van der Waals surface area contributed by atoms with E-state index >= 15 is 0 Å². The summed E-state index contributed by atoms with van der Waals surface area (Å²) in [4.78, 5) is 10.4. The lowest BCUT2D eigenvalue weighted by Gasteiger charge is -2.30. The van der Waals surface area contributed by atoms with E-state index in [4.69, 9.17) is 23.2 Å². The number of hydrogen-bond donors (Lipinski definition) is 1. The molecule has 5 rings (SSSR count). The number of fused-ring (bicyclic) bond motifs is 1. The number of hydrogen-bond acceptors (Lipinski definition) is 6. The maximum Gasteiger partial charge on any atom is 0.160 e. The summed E-state index contributed by atoms with van der Waals surface area (Å²) in [5.41, 5.74) is 4.20. The average molecular weight is 551 g/mol. The Labute approximate surface area is 229 Å². The van der Waals surface area contributed by atoms with Crippen LogP contribution in [0.15, 0.2) is 65.7 Å². The lowest BCUT2D eigenvalue weighted by atomic mass is 9.82. The highest BCUT2D eigenvalue weighted by Gasteiger charge is 2.39. The fourth-order valence-corrected chi connectivity index (χ4v) is 5.70. The number of thioether (sulfide) groups is 1. The third-order valence-electron chi connectivity index (χ3n) is 6.62. The molecule has 3 heterocycles. The van der Waals surface area contributed by atoms with Crippen LogP contribution < -0.4 is 0 Å². The van der Waals surface area contributed by atoms with Crippen molar-refractivity contribution in [2.45, 2.75) is 30.8 Å². The normalized spacial score (nSPS) is 13.2. The van der Waals surface area contributed by atoms with E-state index in [2.05, 4.69) is 44.5 Å². The number of nitrogens with zero attached hydrogens (tertiary/aromatic N) is 5. The van der Waals surface area contributed by atoms with E-state index in [-0.39, 0.29) is 0 Å². The smallest absolute Gasteiger partial charge is 0.160 e. The molecule has 3 aromatic heterocycles. The van der Waals surface area contributed by atoms with Crippen molar-refractivity contribution in [1.29, 1.82) is 0 Å². The van der Waals surface area contributed by atoms with Gasteiger partial charge >= 0.3 is 0 Å². The molecule has 0 aliphatic carbocycles. The topological polar surface area (TPSA) is 76.7 Å². The molecule has 0 bridgehead atoms. The van der Waals surface area contributed by atoms with Crippen molar-refractivity contribution in [3.05, 3.63) is 110 Å². The number of aliphatic hydroxyl groups is 1. The molecule has 0 aliphatic rings. The van der Waals surface area contributed by atoms with Crippen molar-refractivity contribution in [3.63, 3.8) is 0 Å². The van der Waals surface area contributed by atoms with Gasteiger partial charge in [-0.05, 0) is 61.6 Å². The van der Waals surface area contributed by atoms with Gasteiger partial charge in [0.05, 0.1) is 22.4 Å². The van der Waals surface area contributed by atoms with Gasteiger partial charge in [0.1, 0.15) is 5.15 Å². The largest absolute Gasteiger partial charge is 0.374 e. The molecule has 1 atom stereocenters. The van der Waals surface area contributed by atoms with Crippen LogP contribution in [0.5, 0.6) is 0 Å². The van der Waals surface area contributed by atoms with Crippen LogP contribution in [0.25, 0.3) is 10.9 Å². The Morgan fingerprint density at radius 1 is 1.00 bits per heavy atom. The molecular weight excluding hydrogens is 525 g/mol. The molecule has 6 nitrogen and oxygen atoms in total. The predicted molar refractivity (Wildman–Crippen MR) is 150 cm³/mol. The van der Waals surface area contributed by atoms with Gasteiger partial charge in [-0.2, -0.15) is 0 Å². The Morgan fingerprint density at radius 2 is 1.76 bits per heavy atom. The molecule has 0 spiro atoms. The van der Waals surface area contributed by atoms with Crippen molar-refractivity contribution < 1.29 is 5.11 Å². The first kappa shape index (κ1) is 25.7. The molecule has 0 amide bonds. The Morgan fingerprint density at radius 3 is 2.41 bits per heavy atom. The van der Waals surface area contributed by atoms with E-state index in [0.717, 1.165) is 16.8 Å². The molecule has 0 saturated carbocycles. The van der Waals surface area contributed by atoms with Gasteiger partial charge in [-0.3, -0.25) is 4.98 Å². The minimum Gasteiger partial charge on any atom is -0.374 e. The SMILES string of the molecule is CSc1ccc(Cc2c(Cl)nc3ccc(C(O)(c4ccc(C)nc4C)c4cnnn4C)cc3c2Cl)cc1. The monoisotopic (exact) mass is 549 g/mol. The summed E-state index contributed by atoms with van der Waals surface area (Å²) < 4.78 is 1.56. The molecule has 188 valence electrons. The highest BCUT2D eigenvalue weighted by Crippen LogP contribution is 2.40. The third-order valence-corrected chi connectivity index (χ3v) is 8.11. The zero-order valence-electron chi connectivity index (χ0n) is 20.8. The first-order valence-corrected chi connectivity index (χ1v) is 13.6. The molecule has 9 heteroatoms. The standard InChI is InChI=1S/C28H25Cl2N5OS/c1-16-5-11-23(17(2)32-16)28(36,25-15-31-34-35(25)3)19-8-12-24-21(14-19)26(29)22(27(30)33-24)13-18-6-9-20(37-4)10-7-18/h5-12,14-15,36H,13H2,1-4H3. The first-order chi connectivity index (χ1) is 17.7. The summed E-state index contributed by atoms with van der Waals surface area (Å²) in [6, 6.07) is 17.6. The van der Waals surface area contributed by atoms with Crippen molar-refractivity contribution in [1.82, 2.24) is 25.0 Å². The maximum absolute atomic E-state index is 12.4. The number of aryl methyl sites for hydroxylation is 3. The van der Waals surface area contributed by atoms with Gasteiger partial charge in [0, 0.05) is 46.3 Å². The van der Waals surface area contributed by atoms with E-state index in [9.17, 15) is 5.11 Å². The van der Waals surface area contributed by atoms with Gasteiger partial charge in [0.2, 0.25) is 0 Å². The number of pyridine rings is 2. The Hall–Kier alpha value is -2.97. The molecule has 1 N–H and O–H groups in total. The molecule has 0 fully saturated rings. The van der Waals surface area contributed by atoms with Gasteiger partial charge in [0.15, 0.2) is 5.60 Å². The van der Waals surface area contributed by atoms with Crippen LogP contribution in [-0.4, -0.2) is 36.3 Å². The maximum atomic E-state index is 12.4. The highest BCUT2D eigenvalue weighted by atomic mass is 35.5. The minimum atomic E-state index is -1.58. The van der Waals surface area contributed by atoms with Gasteiger partial charge in [-0.1, -0.05) is 52.7 Å². The number of aromatic nitrogens is 5. The third kappa shape index (κ3) is 4.61. The summed E-state index contributed by atoms with van der Waals surface area (Å²) in [5, 5.41) is 22.1. The summed E-state index contributed by atoms with van der Waals surface area (Å²) in [7, 11) is 1.75. The first-order valence-electron chi connectivity index (χ1n) is 11.7. The number of rotatable bonds is 6. The van der Waals surface area contributed by atoms with E-state index in [0.29, 0.717) is 50.0 Å². The van der Waals surface area contributed by atoms with E-state index < -0.39 is 5.60 Å². The Kier molecular flexibility index (Phi) is 6.98. The summed E-state index contributed by atoms with van der Waals surface area (Å²) in [5.74, 6) is 0. The predicted octanol–water partition coefficient (Wildman–Crippen LogP) is 6.28. The summed E-state index contributed by atoms with van der Waals surface area (Å²) >= 11 is 15.3. The van der Waals surface area contributed by atoms with Crippen LogP contribution in [0.2, 0.25) is 10.2 Å².